The molecule has 1 fully saturated rings. The van der Waals surface area contributed by atoms with Crippen molar-refractivity contribution in [3.63, 3.8) is 0 Å². The highest BCUT2D eigenvalue weighted by molar-refractivity contribution is 5.95. The second-order valence-corrected chi connectivity index (χ2v) is 11.1. The maximum absolute atomic E-state index is 14.2. The summed E-state index contributed by atoms with van der Waals surface area (Å²) in [6.45, 7) is 9.26. The molecule has 0 radical (unpaired) electrons. The molecular weight excluding hydrogens is 496 g/mol. The maximum Gasteiger partial charge on any atom is 0.408 e. The third kappa shape index (κ3) is 8.05. The minimum absolute atomic E-state index is 0.235. The Balaban J connectivity index is 2.01. The number of nitrogens with zero attached hydrogens (tertiary/aromatic N) is 1. The summed E-state index contributed by atoms with van der Waals surface area (Å²) < 4.78 is 5.34. The van der Waals surface area contributed by atoms with Gasteiger partial charge in [-0.2, -0.15) is 0 Å². The fourth-order valence-electron chi connectivity index (χ4n) is 4.58. The number of aryl methyl sites for hydroxylation is 1. The SMILES string of the molecule is Cc1cccc(C(C(=O)NCc2ccccc2)N(C(=O)C(CC(N)=O)NC(=O)OC(C)(C)C)C2CCC2)c1C. The zero-order valence-electron chi connectivity index (χ0n) is 23.5. The van der Waals surface area contributed by atoms with Crippen molar-refractivity contribution in [1.82, 2.24) is 15.5 Å². The second-order valence-electron chi connectivity index (χ2n) is 11.1. The summed E-state index contributed by atoms with van der Waals surface area (Å²) in [4.78, 5) is 54.2. The molecule has 2 unspecified atom stereocenters. The van der Waals surface area contributed by atoms with Crippen LogP contribution in [0.1, 0.15) is 74.8 Å². The van der Waals surface area contributed by atoms with E-state index < -0.39 is 42.0 Å². The largest absolute Gasteiger partial charge is 0.444 e. The highest BCUT2D eigenvalue weighted by Crippen LogP contribution is 2.35. The number of carbonyl (C=O) groups is 4. The Hall–Kier alpha value is -3.88. The van der Waals surface area contributed by atoms with Gasteiger partial charge in [0.05, 0.1) is 6.42 Å². The Bertz CT molecular complexity index is 1190. The Morgan fingerprint density at radius 1 is 1.03 bits per heavy atom. The molecule has 39 heavy (non-hydrogen) atoms. The normalized spacial score (nSPS) is 14.9. The number of rotatable bonds is 10. The van der Waals surface area contributed by atoms with Gasteiger partial charge < -0.3 is 26.0 Å². The summed E-state index contributed by atoms with van der Waals surface area (Å²) in [5.74, 6) is -1.65. The molecule has 0 saturated heterocycles. The molecule has 2 aromatic rings. The molecule has 2 atom stereocenters. The fourth-order valence-corrected chi connectivity index (χ4v) is 4.58. The first kappa shape index (κ1) is 29.7. The number of hydrogen-bond acceptors (Lipinski definition) is 5. The third-order valence-corrected chi connectivity index (χ3v) is 6.89. The first-order valence-corrected chi connectivity index (χ1v) is 13.3. The minimum atomic E-state index is -1.28. The molecule has 1 saturated carbocycles. The van der Waals surface area contributed by atoms with E-state index in [0.29, 0.717) is 18.4 Å². The minimum Gasteiger partial charge on any atom is -0.444 e. The van der Waals surface area contributed by atoms with Gasteiger partial charge in [0, 0.05) is 12.6 Å². The number of carbonyl (C=O) groups excluding carboxylic acids is 4. The first-order valence-electron chi connectivity index (χ1n) is 13.3. The van der Waals surface area contributed by atoms with Crippen LogP contribution in [0.25, 0.3) is 0 Å². The predicted molar refractivity (Wildman–Crippen MR) is 148 cm³/mol. The standard InChI is InChI=1S/C30H40N4O5/c1-19-11-9-16-23(20(19)2)26(27(36)32-18-21-12-7-6-8-13-21)34(22-14-10-15-22)28(37)24(17-25(31)35)33-29(38)39-30(3,4)5/h6-9,11-13,16,22,24,26H,10,14-15,17-18H2,1-5H3,(H2,31,35)(H,32,36)(H,33,38). The monoisotopic (exact) mass is 536 g/mol. The summed E-state index contributed by atoms with van der Waals surface area (Å²) in [6, 6.07) is 12.7. The Labute approximate surface area is 230 Å². The van der Waals surface area contributed by atoms with Crippen LogP contribution >= 0.6 is 0 Å². The number of ether oxygens (including phenoxy) is 1. The maximum atomic E-state index is 14.2. The third-order valence-electron chi connectivity index (χ3n) is 6.89. The van der Waals surface area contributed by atoms with Crippen LogP contribution in [0.15, 0.2) is 48.5 Å². The molecule has 1 aliphatic carbocycles. The van der Waals surface area contributed by atoms with Gasteiger partial charge in [0.25, 0.3) is 0 Å². The quantitative estimate of drug-likeness (QED) is 0.425. The number of benzene rings is 2. The molecule has 3 rings (SSSR count). The van der Waals surface area contributed by atoms with E-state index in [9.17, 15) is 19.2 Å². The number of nitrogens with two attached hydrogens (primary N) is 1. The average molecular weight is 537 g/mol. The molecular formula is C30H40N4O5. The van der Waals surface area contributed by atoms with Gasteiger partial charge in [-0.15, -0.1) is 0 Å². The lowest BCUT2D eigenvalue weighted by Crippen LogP contribution is -2.58. The van der Waals surface area contributed by atoms with Crippen molar-refractivity contribution in [3.05, 3.63) is 70.8 Å². The molecule has 2 aromatic carbocycles. The topological polar surface area (TPSA) is 131 Å². The molecule has 9 nitrogen and oxygen atoms in total. The molecule has 0 spiro atoms. The molecule has 4 N–H and O–H groups in total. The number of amides is 4. The van der Waals surface area contributed by atoms with Crippen LogP contribution in [0.3, 0.4) is 0 Å². The highest BCUT2D eigenvalue weighted by Gasteiger charge is 2.42. The Morgan fingerprint density at radius 3 is 2.26 bits per heavy atom. The van der Waals surface area contributed by atoms with Crippen molar-refractivity contribution >= 4 is 23.8 Å². The van der Waals surface area contributed by atoms with E-state index in [1.807, 2.05) is 62.4 Å². The zero-order chi connectivity index (χ0) is 28.7. The zero-order valence-corrected chi connectivity index (χ0v) is 23.5. The van der Waals surface area contributed by atoms with Crippen molar-refractivity contribution < 1.29 is 23.9 Å². The van der Waals surface area contributed by atoms with Gasteiger partial charge in [0.15, 0.2) is 0 Å². The summed E-state index contributed by atoms with van der Waals surface area (Å²) in [5, 5.41) is 5.53. The van der Waals surface area contributed by atoms with Gasteiger partial charge >= 0.3 is 6.09 Å². The number of nitrogens with one attached hydrogen (secondary N) is 2. The van der Waals surface area contributed by atoms with E-state index in [-0.39, 0.29) is 18.5 Å². The lowest BCUT2D eigenvalue weighted by atomic mass is 9.86. The van der Waals surface area contributed by atoms with E-state index in [1.165, 1.54) is 4.90 Å². The molecule has 9 heteroatoms. The summed E-state index contributed by atoms with van der Waals surface area (Å²) >= 11 is 0. The smallest absolute Gasteiger partial charge is 0.408 e. The van der Waals surface area contributed by atoms with Crippen LogP contribution in [-0.4, -0.2) is 46.4 Å². The lowest BCUT2D eigenvalue weighted by molar-refractivity contribution is -0.148. The molecule has 210 valence electrons. The van der Waals surface area contributed by atoms with E-state index >= 15 is 0 Å². The van der Waals surface area contributed by atoms with Crippen molar-refractivity contribution in [1.29, 1.82) is 0 Å². The van der Waals surface area contributed by atoms with Crippen LogP contribution < -0.4 is 16.4 Å². The van der Waals surface area contributed by atoms with Gasteiger partial charge in [-0.25, -0.2) is 4.79 Å². The summed E-state index contributed by atoms with van der Waals surface area (Å²) in [5.41, 5.74) is 8.15. The fraction of sp³-hybridized carbons (Fsp3) is 0.467. The lowest BCUT2D eigenvalue weighted by Gasteiger charge is -2.44. The van der Waals surface area contributed by atoms with Gasteiger partial charge in [-0.3, -0.25) is 14.4 Å². The van der Waals surface area contributed by atoms with Crippen molar-refractivity contribution in [3.8, 4) is 0 Å². The number of primary amides is 1. The predicted octanol–water partition coefficient (Wildman–Crippen LogP) is 3.81. The Morgan fingerprint density at radius 2 is 1.69 bits per heavy atom. The van der Waals surface area contributed by atoms with E-state index in [1.54, 1.807) is 20.8 Å². The van der Waals surface area contributed by atoms with Crippen LogP contribution in [0, 0.1) is 13.8 Å². The second kappa shape index (κ2) is 12.8. The van der Waals surface area contributed by atoms with E-state index in [4.69, 9.17) is 10.5 Å². The van der Waals surface area contributed by atoms with Crippen LogP contribution in [0.2, 0.25) is 0 Å². The molecule has 1 aliphatic rings. The van der Waals surface area contributed by atoms with Crippen molar-refractivity contribution in [2.75, 3.05) is 0 Å². The van der Waals surface area contributed by atoms with Crippen molar-refractivity contribution in [2.45, 2.75) is 90.6 Å². The Kier molecular flexibility index (Phi) is 9.72. The molecule has 0 aliphatic heterocycles. The summed E-state index contributed by atoms with van der Waals surface area (Å²) in [6.07, 6.45) is 1.04. The molecule has 0 bridgehead atoms. The van der Waals surface area contributed by atoms with Crippen LogP contribution in [-0.2, 0) is 25.7 Å². The highest BCUT2D eigenvalue weighted by atomic mass is 16.6. The first-order chi connectivity index (χ1) is 18.4. The van der Waals surface area contributed by atoms with E-state index in [2.05, 4.69) is 10.6 Å². The van der Waals surface area contributed by atoms with Crippen LogP contribution in [0.5, 0.6) is 0 Å². The van der Waals surface area contributed by atoms with Gasteiger partial charge in [-0.1, -0.05) is 48.5 Å². The summed E-state index contributed by atoms with van der Waals surface area (Å²) in [7, 11) is 0. The molecule has 4 amide bonds. The molecule has 0 aromatic heterocycles. The molecule has 0 heterocycles. The van der Waals surface area contributed by atoms with E-state index in [0.717, 1.165) is 23.1 Å². The number of alkyl carbamates (subject to hydrolysis) is 1. The van der Waals surface area contributed by atoms with Crippen molar-refractivity contribution in [2.24, 2.45) is 5.73 Å². The number of hydrogen-bond donors (Lipinski definition) is 3. The van der Waals surface area contributed by atoms with Gasteiger partial charge in [0.1, 0.15) is 17.7 Å². The average Bonchev–Trinajstić information content (AvgIpc) is 2.82. The van der Waals surface area contributed by atoms with Crippen LogP contribution in [0.4, 0.5) is 4.79 Å². The van der Waals surface area contributed by atoms with Gasteiger partial charge in [-0.05, 0) is 76.1 Å². The van der Waals surface area contributed by atoms with Gasteiger partial charge in [0.2, 0.25) is 17.7 Å².